The third-order valence-electron chi connectivity index (χ3n) is 4.91. The van der Waals surface area contributed by atoms with Gasteiger partial charge in [-0.3, -0.25) is 14.4 Å². The highest BCUT2D eigenvalue weighted by Gasteiger charge is 2.21. The van der Waals surface area contributed by atoms with Crippen molar-refractivity contribution in [2.24, 2.45) is 7.05 Å². The van der Waals surface area contributed by atoms with Gasteiger partial charge in [0.05, 0.1) is 16.9 Å². The molecule has 0 N–H and O–H groups in total. The van der Waals surface area contributed by atoms with E-state index in [1.807, 2.05) is 24.3 Å². The Labute approximate surface area is 166 Å². The second-order valence-electron chi connectivity index (χ2n) is 8.43. The van der Waals surface area contributed by atoms with Gasteiger partial charge in [0.15, 0.2) is 0 Å². The molecule has 0 atom stereocenters. The molecule has 2 aromatic heterocycles. The number of aryl methyl sites for hydroxylation is 2. The van der Waals surface area contributed by atoms with Crippen LogP contribution in [0.2, 0.25) is 0 Å². The molecule has 3 rings (SSSR count). The Hall–Kier alpha value is -1.73. The van der Waals surface area contributed by atoms with Crippen molar-refractivity contribution in [3.05, 3.63) is 34.0 Å². The number of aromatic nitrogens is 3. The molecule has 0 radical (unpaired) electrons. The van der Waals surface area contributed by atoms with E-state index in [0.29, 0.717) is 6.42 Å². The number of hydrogen-bond acceptors (Lipinski definition) is 5. The molecule has 1 aliphatic rings. The van der Waals surface area contributed by atoms with E-state index in [2.05, 4.69) is 36.1 Å². The maximum Gasteiger partial charge on any atom is 0.222 e. The predicted molar refractivity (Wildman–Crippen MR) is 109 cm³/mol. The first-order valence-corrected chi connectivity index (χ1v) is 10.6. The normalized spacial score (nSPS) is 16.5. The fraction of sp³-hybridized carbons (Fsp3) is 0.650. The van der Waals surface area contributed by atoms with Crippen LogP contribution in [0, 0.1) is 0 Å². The van der Waals surface area contributed by atoms with Crippen LogP contribution in [0.5, 0.6) is 0 Å². The van der Waals surface area contributed by atoms with Crippen molar-refractivity contribution in [1.29, 1.82) is 0 Å². The number of carbonyl (C=O) groups is 1. The first-order valence-electron chi connectivity index (χ1n) is 9.74. The van der Waals surface area contributed by atoms with E-state index in [1.165, 1.54) is 5.01 Å². The molecule has 27 heavy (non-hydrogen) atoms. The zero-order chi connectivity index (χ0) is 19.4. The largest absolute Gasteiger partial charge is 0.341 e. The van der Waals surface area contributed by atoms with Crippen molar-refractivity contribution in [1.82, 2.24) is 24.6 Å². The molecule has 3 heterocycles. The molecule has 1 aliphatic heterocycles. The first-order chi connectivity index (χ1) is 12.8. The van der Waals surface area contributed by atoms with E-state index in [4.69, 9.17) is 4.98 Å². The van der Waals surface area contributed by atoms with E-state index >= 15 is 0 Å². The van der Waals surface area contributed by atoms with Gasteiger partial charge in [-0.05, 0) is 18.4 Å². The lowest BCUT2D eigenvalue weighted by Gasteiger charge is -2.21. The number of thiazole rings is 1. The minimum atomic E-state index is 0.110. The topological polar surface area (TPSA) is 54.3 Å². The van der Waals surface area contributed by atoms with Gasteiger partial charge < -0.3 is 4.90 Å². The van der Waals surface area contributed by atoms with Crippen molar-refractivity contribution < 1.29 is 4.79 Å². The lowest BCUT2D eigenvalue weighted by atomic mass is 9.98. The van der Waals surface area contributed by atoms with Crippen LogP contribution < -0.4 is 0 Å². The third-order valence-corrected chi connectivity index (χ3v) is 6.22. The van der Waals surface area contributed by atoms with Crippen molar-refractivity contribution in [2.45, 2.75) is 52.0 Å². The molecule has 2 aromatic rings. The number of amides is 1. The number of nitrogens with zero attached hydrogens (tertiary/aromatic N) is 5. The molecule has 0 aliphatic carbocycles. The van der Waals surface area contributed by atoms with Crippen LogP contribution in [0.1, 0.15) is 49.9 Å². The van der Waals surface area contributed by atoms with Gasteiger partial charge in [-0.2, -0.15) is 5.10 Å². The highest BCUT2D eigenvalue weighted by molar-refractivity contribution is 7.09. The molecule has 1 amide bonds. The van der Waals surface area contributed by atoms with Crippen LogP contribution in [0.15, 0.2) is 17.8 Å². The molecule has 0 unspecified atom stereocenters. The van der Waals surface area contributed by atoms with E-state index in [1.54, 1.807) is 16.0 Å². The molecule has 1 fully saturated rings. The van der Waals surface area contributed by atoms with Crippen molar-refractivity contribution >= 4 is 17.2 Å². The van der Waals surface area contributed by atoms with E-state index in [9.17, 15) is 4.79 Å². The number of hydrogen-bond donors (Lipinski definition) is 0. The van der Waals surface area contributed by atoms with Gasteiger partial charge in [0.2, 0.25) is 5.91 Å². The van der Waals surface area contributed by atoms with Crippen LogP contribution in [0.3, 0.4) is 0 Å². The highest BCUT2D eigenvalue weighted by Crippen LogP contribution is 2.26. The van der Waals surface area contributed by atoms with Gasteiger partial charge in [0.25, 0.3) is 0 Å². The molecule has 7 heteroatoms. The maximum atomic E-state index is 12.6. The molecule has 0 spiro atoms. The summed E-state index contributed by atoms with van der Waals surface area (Å²) in [6, 6.07) is 0. The first kappa shape index (κ1) is 20.0. The Bertz CT molecular complexity index is 761. The predicted octanol–water partition coefficient (Wildman–Crippen LogP) is 2.84. The molecule has 0 saturated carbocycles. The van der Waals surface area contributed by atoms with E-state index < -0.39 is 0 Å². The summed E-state index contributed by atoms with van der Waals surface area (Å²) in [6.45, 7) is 11.1. The lowest BCUT2D eigenvalue weighted by molar-refractivity contribution is -0.131. The molecule has 0 aromatic carbocycles. The van der Waals surface area contributed by atoms with Crippen LogP contribution in [0.25, 0.3) is 0 Å². The lowest BCUT2D eigenvalue weighted by Crippen LogP contribution is -2.35. The Morgan fingerprint density at radius 3 is 2.70 bits per heavy atom. The van der Waals surface area contributed by atoms with Crippen LogP contribution in [-0.4, -0.2) is 56.7 Å². The zero-order valence-corrected chi connectivity index (χ0v) is 17.8. The summed E-state index contributed by atoms with van der Waals surface area (Å²) < 4.78 is 1.78. The maximum absolute atomic E-state index is 12.6. The summed E-state index contributed by atoms with van der Waals surface area (Å²) >= 11 is 1.75. The summed E-state index contributed by atoms with van der Waals surface area (Å²) in [7, 11) is 1.90. The van der Waals surface area contributed by atoms with Gasteiger partial charge >= 0.3 is 0 Å². The van der Waals surface area contributed by atoms with Gasteiger partial charge in [-0.1, -0.05) is 20.8 Å². The Morgan fingerprint density at radius 1 is 1.22 bits per heavy atom. The average molecular weight is 390 g/mol. The minimum Gasteiger partial charge on any atom is -0.341 e. The summed E-state index contributed by atoms with van der Waals surface area (Å²) in [6.07, 6.45) is 6.18. The molecule has 6 nitrogen and oxygen atoms in total. The third kappa shape index (κ3) is 5.62. The van der Waals surface area contributed by atoms with Crippen molar-refractivity contribution in [3.63, 3.8) is 0 Å². The fourth-order valence-electron chi connectivity index (χ4n) is 3.34. The summed E-state index contributed by atoms with van der Waals surface area (Å²) in [5.74, 6) is 0.254. The fourth-order valence-corrected chi connectivity index (χ4v) is 4.24. The smallest absolute Gasteiger partial charge is 0.222 e. The van der Waals surface area contributed by atoms with E-state index in [-0.39, 0.29) is 11.3 Å². The average Bonchev–Trinajstić information content (AvgIpc) is 3.17. The van der Waals surface area contributed by atoms with E-state index in [0.717, 1.165) is 56.8 Å². The standard InChI is InChI=1S/C20H31N5OS/c1-20(2,3)19-22-17(15-27-19)14-24-8-5-9-25(11-10-24)18(26)7-6-16-12-21-23(4)13-16/h12-13,15H,5-11,14H2,1-4H3. The quantitative estimate of drug-likeness (QED) is 0.789. The molecular formula is C20H31N5OS. The van der Waals surface area contributed by atoms with Crippen LogP contribution in [-0.2, 0) is 30.2 Å². The Kier molecular flexibility index (Phi) is 6.32. The van der Waals surface area contributed by atoms with Gasteiger partial charge in [-0.25, -0.2) is 4.98 Å². The van der Waals surface area contributed by atoms with Crippen LogP contribution in [0.4, 0.5) is 0 Å². The second-order valence-corrected chi connectivity index (χ2v) is 9.28. The van der Waals surface area contributed by atoms with Crippen LogP contribution >= 0.6 is 11.3 Å². The summed E-state index contributed by atoms with van der Waals surface area (Å²) in [5.41, 5.74) is 2.39. The summed E-state index contributed by atoms with van der Waals surface area (Å²) in [5, 5.41) is 7.55. The molecule has 148 valence electrons. The number of carbonyl (C=O) groups excluding carboxylic acids is 1. The summed E-state index contributed by atoms with van der Waals surface area (Å²) in [4.78, 5) is 21.8. The van der Waals surface area contributed by atoms with Gasteiger partial charge in [-0.15, -0.1) is 11.3 Å². The zero-order valence-electron chi connectivity index (χ0n) is 16.9. The monoisotopic (exact) mass is 389 g/mol. The van der Waals surface area contributed by atoms with Gasteiger partial charge in [0.1, 0.15) is 0 Å². The number of rotatable bonds is 5. The molecule has 1 saturated heterocycles. The molecule has 0 bridgehead atoms. The Balaban J connectivity index is 1.48. The van der Waals surface area contributed by atoms with Gasteiger partial charge in [0, 0.05) is 63.2 Å². The second kappa shape index (κ2) is 8.52. The SMILES string of the molecule is Cn1cc(CCC(=O)N2CCCN(Cc3csc(C(C)(C)C)n3)CC2)cn1. The minimum absolute atomic E-state index is 0.110. The Morgan fingerprint density at radius 2 is 2.04 bits per heavy atom. The van der Waals surface area contributed by atoms with Crippen molar-refractivity contribution in [2.75, 3.05) is 26.2 Å². The molecular weight excluding hydrogens is 358 g/mol. The van der Waals surface area contributed by atoms with Crippen molar-refractivity contribution in [3.8, 4) is 0 Å². The highest BCUT2D eigenvalue weighted by atomic mass is 32.1.